The minimum atomic E-state index is 0.947. The van der Waals surface area contributed by atoms with Gasteiger partial charge in [0.2, 0.25) is 0 Å². The molecule has 18 heavy (non-hydrogen) atoms. The molecule has 1 aromatic heterocycles. The molecule has 2 aromatic carbocycles. The van der Waals surface area contributed by atoms with Gasteiger partial charge in [0.15, 0.2) is 0 Å². The van der Waals surface area contributed by atoms with Crippen LogP contribution in [0.25, 0.3) is 22.4 Å². The van der Waals surface area contributed by atoms with E-state index >= 15 is 0 Å². The summed E-state index contributed by atoms with van der Waals surface area (Å²) in [6.07, 6.45) is 3.34. The molecule has 2 nitrogen and oxygen atoms in total. The van der Waals surface area contributed by atoms with E-state index in [0.29, 0.717) is 0 Å². The van der Waals surface area contributed by atoms with Crippen molar-refractivity contribution in [3.8, 4) is 22.4 Å². The Labute approximate surface area is 106 Å². The summed E-state index contributed by atoms with van der Waals surface area (Å²) in [7, 11) is 0. The van der Waals surface area contributed by atoms with Crippen molar-refractivity contribution >= 4 is 0 Å². The second-order valence-corrected chi connectivity index (χ2v) is 4.04. The molecule has 0 aliphatic heterocycles. The molecular weight excluding hydrogens is 220 g/mol. The van der Waals surface area contributed by atoms with Crippen LogP contribution in [0.4, 0.5) is 0 Å². The fraction of sp³-hybridized carbons (Fsp3) is 0. The van der Waals surface area contributed by atoms with Gasteiger partial charge < -0.3 is 0 Å². The molecule has 2 heteroatoms. The van der Waals surface area contributed by atoms with Crippen LogP contribution >= 0.6 is 0 Å². The maximum Gasteiger partial charge on any atom is 0.116 e. The molecule has 86 valence electrons. The van der Waals surface area contributed by atoms with E-state index in [1.54, 1.807) is 12.5 Å². The Balaban J connectivity index is 2.05. The zero-order chi connectivity index (χ0) is 12.2. The summed E-state index contributed by atoms with van der Waals surface area (Å²) in [5.74, 6) is 0. The molecule has 0 N–H and O–H groups in total. The second-order valence-electron chi connectivity index (χ2n) is 4.04. The first-order valence-corrected chi connectivity index (χ1v) is 5.85. The molecule has 0 radical (unpaired) electrons. The third kappa shape index (κ3) is 2.13. The van der Waals surface area contributed by atoms with Crippen molar-refractivity contribution in [1.29, 1.82) is 0 Å². The summed E-state index contributed by atoms with van der Waals surface area (Å²) in [6, 6.07) is 20.6. The fourth-order valence-corrected chi connectivity index (χ4v) is 1.95. The number of rotatable bonds is 2. The Kier molecular flexibility index (Phi) is 2.84. The molecule has 0 fully saturated rings. The minimum absolute atomic E-state index is 0.947. The topological polar surface area (TPSA) is 25.8 Å². The lowest BCUT2D eigenvalue weighted by atomic mass is 10.0. The first kappa shape index (κ1) is 10.7. The van der Waals surface area contributed by atoms with Gasteiger partial charge in [-0.15, -0.1) is 0 Å². The van der Waals surface area contributed by atoms with Crippen molar-refractivity contribution in [3.63, 3.8) is 0 Å². The zero-order valence-corrected chi connectivity index (χ0v) is 9.82. The summed E-state index contributed by atoms with van der Waals surface area (Å²) < 4.78 is 0. The first-order chi connectivity index (χ1) is 8.93. The van der Waals surface area contributed by atoms with Gasteiger partial charge in [0.05, 0.1) is 5.69 Å². The van der Waals surface area contributed by atoms with Crippen molar-refractivity contribution in [2.24, 2.45) is 0 Å². The van der Waals surface area contributed by atoms with Crippen LogP contribution in [-0.2, 0) is 0 Å². The molecule has 0 bridgehead atoms. The van der Waals surface area contributed by atoms with E-state index in [1.165, 1.54) is 11.1 Å². The third-order valence-electron chi connectivity index (χ3n) is 2.85. The van der Waals surface area contributed by atoms with Crippen molar-refractivity contribution in [3.05, 3.63) is 73.2 Å². The smallest absolute Gasteiger partial charge is 0.116 e. The van der Waals surface area contributed by atoms with Crippen molar-refractivity contribution in [1.82, 2.24) is 9.97 Å². The number of hydrogen-bond donors (Lipinski definition) is 0. The summed E-state index contributed by atoms with van der Waals surface area (Å²) in [6.45, 7) is 0. The molecule has 0 unspecified atom stereocenters. The maximum absolute atomic E-state index is 4.27. The van der Waals surface area contributed by atoms with Crippen LogP contribution in [0, 0.1) is 0 Å². The normalized spacial score (nSPS) is 10.2. The van der Waals surface area contributed by atoms with Gasteiger partial charge in [-0.25, -0.2) is 9.97 Å². The van der Waals surface area contributed by atoms with E-state index in [9.17, 15) is 0 Å². The van der Waals surface area contributed by atoms with Gasteiger partial charge in [-0.3, -0.25) is 0 Å². The number of nitrogens with zero attached hydrogens (tertiary/aromatic N) is 2. The highest BCUT2D eigenvalue weighted by molar-refractivity contribution is 5.71. The Morgan fingerprint density at radius 1 is 0.667 bits per heavy atom. The standard InChI is InChI=1S/C16H12N2/c1-2-5-13(6-3-1)14-7-4-8-15(11-14)16-9-10-17-12-18-16/h1-12H. The van der Waals surface area contributed by atoms with Crippen molar-refractivity contribution < 1.29 is 0 Å². The van der Waals surface area contributed by atoms with Gasteiger partial charge in [-0.05, 0) is 23.3 Å². The molecule has 0 amide bonds. The Hall–Kier alpha value is -2.48. The van der Waals surface area contributed by atoms with Crippen LogP contribution in [0.3, 0.4) is 0 Å². The van der Waals surface area contributed by atoms with Crippen LogP contribution in [0.1, 0.15) is 0 Å². The summed E-state index contributed by atoms with van der Waals surface area (Å²) in [5, 5.41) is 0. The molecule has 3 rings (SSSR count). The van der Waals surface area contributed by atoms with Crippen LogP contribution in [0.15, 0.2) is 73.2 Å². The largest absolute Gasteiger partial charge is 0.245 e. The number of hydrogen-bond acceptors (Lipinski definition) is 2. The summed E-state index contributed by atoms with van der Waals surface area (Å²) in [4.78, 5) is 8.21. The molecule has 0 saturated heterocycles. The Bertz CT molecular complexity index is 579. The molecule has 0 atom stereocenters. The van der Waals surface area contributed by atoms with E-state index in [1.807, 2.05) is 24.3 Å². The molecule has 3 aromatic rings. The predicted molar refractivity (Wildman–Crippen MR) is 72.9 cm³/mol. The van der Waals surface area contributed by atoms with Gasteiger partial charge in [0, 0.05) is 11.8 Å². The molecule has 1 heterocycles. The van der Waals surface area contributed by atoms with Crippen LogP contribution in [0.5, 0.6) is 0 Å². The third-order valence-corrected chi connectivity index (χ3v) is 2.85. The Morgan fingerprint density at radius 3 is 2.22 bits per heavy atom. The van der Waals surface area contributed by atoms with E-state index in [-0.39, 0.29) is 0 Å². The SMILES string of the molecule is c1ccc(-c2cccc(-c3ccncn3)c2)cc1. The number of aromatic nitrogens is 2. The lowest BCUT2D eigenvalue weighted by Gasteiger charge is -2.04. The van der Waals surface area contributed by atoms with Crippen LogP contribution in [0.2, 0.25) is 0 Å². The lowest BCUT2D eigenvalue weighted by molar-refractivity contribution is 1.17. The van der Waals surface area contributed by atoms with Crippen molar-refractivity contribution in [2.45, 2.75) is 0 Å². The predicted octanol–water partition coefficient (Wildman–Crippen LogP) is 3.81. The second kappa shape index (κ2) is 4.80. The average Bonchev–Trinajstić information content (AvgIpc) is 2.49. The van der Waals surface area contributed by atoms with Gasteiger partial charge >= 0.3 is 0 Å². The quantitative estimate of drug-likeness (QED) is 0.671. The Morgan fingerprint density at radius 2 is 1.44 bits per heavy atom. The summed E-state index contributed by atoms with van der Waals surface area (Å²) in [5.41, 5.74) is 4.47. The summed E-state index contributed by atoms with van der Waals surface area (Å²) >= 11 is 0. The molecule has 0 aliphatic carbocycles. The van der Waals surface area contributed by atoms with Gasteiger partial charge in [0.25, 0.3) is 0 Å². The van der Waals surface area contributed by atoms with E-state index in [4.69, 9.17) is 0 Å². The van der Waals surface area contributed by atoms with Gasteiger partial charge in [-0.1, -0.05) is 48.5 Å². The highest BCUT2D eigenvalue weighted by atomic mass is 14.8. The lowest BCUT2D eigenvalue weighted by Crippen LogP contribution is -1.85. The van der Waals surface area contributed by atoms with E-state index in [0.717, 1.165) is 11.3 Å². The monoisotopic (exact) mass is 232 g/mol. The van der Waals surface area contributed by atoms with E-state index in [2.05, 4.69) is 46.4 Å². The highest BCUT2D eigenvalue weighted by Crippen LogP contribution is 2.24. The first-order valence-electron chi connectivity index (χ1n) is 5.85. The fourth-order valence-electron chi connectivity index (χ4n) is 1.95. The zero-order valence-electron chi connectivity index (χ0n) is 9.82. The number of benzene rings is 2. The molecular formula is C16H12N2. The highest BCUT2D eigenvalue weighted by Gasteiger charge is 2.01. The molecule has 0 spiro atoms. The van der Waals surface area contributed by atoms with E-state index < -0.39 is 0 Å². The minimum Gasteiger partial charge on any atom is -0.245 e. The van der Waals surface area contributed by atoms with Crippen LogP contribution < -0.4 is 0 Å². The maximum atomic E-state index is 4.27. The molecule has 0 aliphatic rings. The molecule has 0 saturated carbocycles. The average molecular weight is 232 g/mol. The van der Waals surface area contributed by atoms with Gasteiger partial charge in [-0.2, -0.15) is 0 Å². The van der Waals surface area contributed by atoms with Crippen LogP contribution in [-0.4, -0.2) is 9.97 Å². The van der Waals surface area contributed by atoms with Gasteiger partial charge in [0.1, 0.15) is 6.33 Å². The van der Waals surface area contributed by atoms with Crippen molar-refractivity contribution in [2.75, 3.05) is 0 Å².